The first kappa shape index (κ1) is 13.6. The fraction of sp³-hybridized carbons (Fsp3) is 0.625. The van der Waals surface area contributed by atoms with E-state index in [0.29, 0.717) is 18.2 Å². The van der Waals surface area contributed by atoms with Gasteiger partial charge in [0.05, 0.1) is 6.10 Å². The average molecular weight is 324 g/mol. The molecule has 0 bridgehead atoms. The molecule has 19 heavy (non-hydrogen) atoms. The number of rotatable bonds is 4. The zero-order chi connectivity index (χ0) is 13.2. The first-order valence-electron chi connectivity index (χ1n) is 7.35. The van der Waals surface area contributed by atoms with Crippen molar-refractivity contribution in [2.45, 2.75) is 56.7 Å². The molecule has 1 aromatic rings. The third-order valence-corrected chi connectivity index (χ3v) is 5.03. The normalized spacial score (nSPS) is 32.0. The highest BCUT2D eigenvalue weighted by molar-refractivity contribution is 9.10. The van der Waals surface area contributed by atoms with Crippen molar-refractivity contribution in [2.24, 2.45) is 0 Å². The molecule has 0 aromatic heterocycles. The van der Waals surface area contributed by atoms with Crippen LogP contribution < -0.4 is 5.32 Å². The molecule has 1 aromatic carbocycles. The minimum absolute atomic E-state index is 0.437. The molecule has 2 unspecified atom stereocenters. The van der Waals surface area contributed by atoms with Gasteiger partial charge in [-0.2, -0.15) is 0 Å². The van der Waals surface area contributed by atoms with Crippen LogP contribution in [0.3, 0.4) is 0 Å². The van der Waals surface area contributed by atoms with Crippen LogP contribution in [-0.2, 0) is 4.74 Å². The van der Waals surface area contributed by atoms with E-state index in [9.17, 15) is 0 Å². The van der Waals surface area contributed by atoms with E-state index in [4.69, 9.17) is 4.74 Å². The van der Waals surface area contributed by atoms with Crippen LogP contribution in [0.4, 0.5) is 0 Å². The van der Waals surface area contributed by atoms with Gasteiger partial charge in [-0.25, -0.2) is 0 Å². The summed E-state index contributed by atoms with van der Waals surface area (Å²) >= 11 is 3.49. The van der Waals surface area contributed by atoms with E-state index in [1.165, 1.54) is 31.2 Å². The van der Waals surface area contributed by atoms with Crippen molar-refractivity contribution in [2.75, 3.05) is 6.61 Å². The van der Waals surface area contributed by atoms with Gasteiger partial charge in [0, 0.05) is 23.2 Å². The first-order valence-corrected chi connectivity index (χ1v) is 8.15. The maximum absolute atomic E-state index is 5.74. The second kappa shape index (κ2) is 5.94. The number of nitrogens with one attached hydrogen (secondary N) is 1. The van der Waals surface area contributed by atoms with E-state index >= 15 is 0 Å². The number of ether oxygens (including phenoxy) is 1. The topological polar surface area (TPSA) is 21.3 Å². The van der Waals surface area contributed by atoms with E-state index in [0.717, 1.165) is 17.0 Å². The van der Waals surface area contributed by atoms with Crippen molar-refractivity contribution in [3.63, 3.8) is 0 Å². The zero-order valence-electron chi connectivity index (χ0n) is 11.4. The summed E-state index contributed by atoms with van der Waals surface area (Å²) in [5, 5.41) is 3.74. The Labute approximate surface area is 124 Å². The Morgan fingerprint density at radius 2 is 2.00 bits per heavy atom. The van der Waals surface area contributed by atoms with E-state index < -0.39 is 0 Å². The predicted molar refractivity (Wildman–Crippen MR) is 81.5 cm³/mol. The van der Waals surface area contributed by atoms with Crippen LogP contribution in [0.25, 0.3) is 0 Å². The maximum atomic E-state index is 5.74. The van der Waals surface area contributed by atoms with E-state index in [-0.39, 0.29) is 0 Å². The third kappa shape index (κ3) is 3.21. The monoisotopic (exact) mass is 323 g/mol. The quantitative estimate of drug-likeness (QED) is 0.908. The van der Waals surface area contributed by atoms with Crippen molar-refractivity contribution in [1.29, 1.82) is 0 Å². The van der Waals surface area contributed by atoms with Gasteiger partial charge in [0.2, 0.25) is 0 Å². The van der Waals surface area contributed by atoms with Gasteiger partial charge in [-0.05, 0) is 56.2 Å². The molecule has 3 heteroatoms. The van der Waals surface area contributed by atoms with E-state index in [1.54, 1.807) is 0 Å². The maximum Gasteiger partial charge on any atom is 0.0726 e. The average Bonchev–Trinajstić information content (AvgIpc) is 2.88. The van der Waals surface area contributed by atoms with E-state index in [2.05, 4.69) is 52.4 Å². The summed E-state index contributed by atoms with van der Waals surface area (Å²) in [7, 11) is 0. The number of halogens is 1. The van der Waals surface area contributed by atoms with Crippen LogP contribution >= 0.6 is 15.9 Å². The highest BCUT2D eigenvalue weighted by Crippen LogP contribution is 2.37. The molecule has 2 fully saturated rings. The third-order valence-electron chi connectivity index (χ3n) is 4.50. The molecule has 0 spiro atoms. The lowest BCUT2D eigenvalue weighted by Gasteiger charge is -2.39. The summed E-state index contributed by atoms with van der Waals surface area (Å²) in [6.07, 6.45) is 5.41. The molecule has 2 atom stereocenters. The van der Waals surface area contributed by atoms with Crippen molar-refractivity contribution >= 4 is 15.9 Å². The Bertz CT molecular complexity index is 407. The molecule has 1 aliphatic heterocycles. The Morgan fingerprint density at radius 1 is 1.26 bits per heavy atom. The molecule has 2 nitrogen and oxygen atoms in total. The molecule has 0 amide bonds. The van der Waals surface area contributed by atoms with Gasteiger partial charge >= 0.3 is 0 Å². The van der Waals surface area contributed by atoms with Crippen LogP contribution in [0.1, 0.15) is 44.1 Å². The summed E-state index contributed by atoms with van der Waals surface area (Å²) in [5.74, 6) is 0.738. The molecule has 104 valence electrons. The lowest BCUT2D eigenvalue weighted by molar-refractivity contribution is 0.0731. The molecule has 1 saturated carbocycles. The Kier molecular flexibility index (Phi) is 4.25. The molecular weight excluding hydrogens is 302 g/mol. The van der Waals surface area contributed by atoms with Crippen LogP contribution in [0, 0.1) is 0 Å². The Balaban J connectivity index is 1.46. The van der Waals surface area contributed by atoms with Gasteiger partial charge in [-0.15, -0.1) is 0 Å². The summed E-state index contributed by atoms with van der Waals surface area (Å²) in [4.78, 5) is 0. The summed E-state index contributed by atoms with van der Waals surface area (Å²) in [5.41, 5.74) is 1.48. The standard InChI is InChI=1S/C16H22BrNO/c1-11(16-3-2-8-19-16)18-15-9-13(10-15)12-4-6-14(17)7-5-12/h4-7,11,13,15-16,18H,2-3,8-10H2,1H3. The lowest BCUT2D eigenvalue weighted by Crippen LogP contribution is -2.48. The van der Waals surface area contributed by atoms with Crippen LogP contribution in [0.5, 0.6) is 0 Å². The smallest absolute Gasteiger partial charge is 0.0726 e. The van der Waals surface area contributed by atoms with Gasteiger partial charge < -0.3 is 10.1 Å². The molecule has 0 radical (unpaired) electrons. The second-order valence-electron chi connectivity index (χ2n) is 5.92. The summed E-state index contributed by atoms with van der Waals surface area (Å²) in [6, 6.07) is 9.95. The van der Waals surface area contributed by atoms with Gasteiger partial charge in [0.25, 0.3) is 0 Å². The van der Waals surface area contributed by atoms with Crippen molar-refractivity contribution in [3.05, 3.63) is 34.3 Å². The number of hydrogen-bond acceptors (Lipinski definition) is 2. The van der Waals surface area contributed by atoms with Crippen molar-refractivity contribution in [1.82, 2.24) is 5.32 Å². The van der Waals surface area contributed by atoms with Gasteiger partial charge in [-0.1, -0.05) is 28.1 Å². The van der Waals surface area contributed by atoms with Gasteiger partial charge in [-0.3, -0.25) is 0 Å². The van der Waals surface area contributed by atoms with Gasteiger partial charge in [0.15, 0.2) is 0 Å². The summed E-state index contributed by atoms with van der Waals surface area (Å²) < 4.78 is 6.91. The number of benzene rings is 1. The lowest BCUT2D eigenvalue weighted by atomic mass is 9.75. The largest absolute Gasteiger partial charge is 0.377 e. The molecule has 1 N–H and O–H groups in total. The molecule has 1 aliphatic carbocycles. The first-order chi connectivity index (χ1) is 9.22. The molecular formula is C16H22BrNO. The second-order valence-corrected chi connectivity index (χ2v) is 6.84. The van der Waals surface area contributed by atoms with Crippen LogP contribution in [0.15, 0.2) is 28.7 Å². The number of hydrogen-bond donors (Lipinski definition) is 1. The SMILES string of the molecule is CC(NC1CC(c2ccc(Br)cc2)C1)C1CCCO1. The Morgan fingerprint density at radius 3 is 2.63 bits per heavy atom. The summed E-state index contributed by atoms with van der Waals surface area (Å²) in [6.45, 7) is 3.21. The fourth-order valence-electron chi connectivity index (χ4n) is 3.24. The highest BCUT2D eigenvalue weighted by atomic mass is 79.9. The molecule has 1 heterocycles. The van der Waals surface area contributed by atoms with E-state index in [1.807, 2.05) is 0 Å². The zero-order valence-corrected chi connectivity index (χ0v) is 13.0. The minimum Gasteiger partial charge on any atom is -0.377 e. The molecule has 3 rings (SSSR count). The fourth-order valence-corrected chi connectivity index (χ4v) is 3.50. The van der Waals surface area contributed by atoms with Crippen molar-refractivity contribution < 1.29 is 4.74 Å². The van der Waals surface area contributed by atoms with Crippen LogP contribution in [-0.4, -0.2) is 24.8 Å². The molecule has 2 aliphatic rings. The van der Waals surface area contributed by atoms with Crippen molar-refractivity contribution in [3.8, 4) is 0 Å². The minimum atomic E-state index is 0.437. The molecule has 1 saturated heterocycles. The highest BCUT2D eigenvalue weighted by Gasteiger charge is 2.33. The van der Waals surface area contributed by atoms with Crippen LogP contribution in [0.2, 0.25) is 0 Å². The van der Waals surface area contributed by atoms with Gasteiger partial charge in [0.1, 0.15) is 0 Å². The Hall–Kier alpha value is -0.380. The predicted octanol–water partition coefficient (Wildman–Crippen LogP) is 3.85.